The van der Waals surface area contributed by atoms with E-state index in [1.54, 1.807) is 11.3 Å². The molecule has 0 aliphatic carbocycles. The van der Waals surface area contributed by atoms with E-state index in [-0.39, 0.29) is 0 Å². The molecule has 0 saturated carbocycles. The highest BCUT2D eigenvalue weighted by Gasteiger charge is 2.10. The zero-order valence-electron chi connectivity index (χ0n) is 10.4. The summed E-state index contributed by atoms with van der Waals surface area (Å²) >= 11 is 7.60. The van der Waals surface area contributed by atoms with Gasteiger partial charge in [0.1, 0.15) is 5.01 Å². The Bertz CT molecular complexity index is 588. The van der Waals surface area contributed by atoms with Crippen LogP contribution in [0.15, 0.2) is 35.7 Å². The summed E-state index contributed by atoms with van der Waals surface area (Å²) in [6.07, 6.45) is 3.96. The van der Waals surface area contributed by atoms with Gasteiger partial charge in [0.15, 0.2) is 0 Å². The van der Waals surface area contributed by atoms with Crippen molar-refractivity contribution in [2.24, 2.45) is 0 Å². The molecule has 2 nitrogen and oxygen atoms in total. The molecule has 0 saturated heterocycles. The minimum atomic E-state index is 0.710. The van der Waals surface area contributed by atoms with Gasteiger partial charge in [0.2, 0.25) is 0 Å². The van der Waals surface area contributed by atoms with Crippen molar-refractivity contribution in [3.63, 3.8) is 0 Å². The fraction of sp³-hybridized carbons (Fsp3) is 0.267. The van der Waals surface area contributed by atoms with E-state index in [0.29, 0.717) is 6.61 Å². The summed E-state index contributed by atoms with van der Waals surface area (Å²) < 4.78 is 5.32. The molecule has 0 fully saturated rings. The first kappa shape index (κ1) is 12.9. The summed E-state index contributed by atoms with van der Waals surface area (Å²) in [4.78, 5) is 4.71. The topological polar surface area (TPSA) is 22.1 Å². The molecule has 3 rings (SSSR count). The van der Waals surface area contributed by atoms with Crippen LogP contribution in [0.25, 0.3) is 5.57 Å². The maximum atomic E-state index is 5.89. The highest BCUT2D eigenvalue weighted by atomic mass is 35.5. The van der Waals surface area contributed by atoms with Gasteiger partial charge in [-0.15, -0.1) is 11.3 Å². The molecular weight excluding hydrogens is 278 g/mol. The lowest BCUT2D eigenvalue weighted by Crippen LogP contribution is -2.03. The molecule has 0 bridgehead atoms. The second-order valence-electron chi connectivity index (χ2n) is 4.50. The van der Waals surface area contributed by atoms with Crippen LogP contribution in [-0.2, 0) is 11.2 Å². The zero-order chi connectivity index (χ0) is 13.1. The molecule has 1 aliphatic rings. The summed E-state index contributed by atoms with van der Waals surface area (Å²) in [5, 5.41) is 4.04. The van der Waals surface area contributed by atoms with Crippen LogP contribution in [0.1, 0.15) is 22.7 Å². The number of aromatic nitrogens is 1. The van der Waals surface area contributed by atoms with Crippen LogP contribution in [-0.4, -0.2) is 18.2 Å². The maximum Gasteiger partial charge on any atom is 0.119 e. The molecule has 19 heavy (non-hydrogen) atoms. The average Bonchev–Trinajstić information content (AvgIpc) is 2.91. The summed E-state index contributed by atoms with van der Waals surface area (Å²) in [7, 11) is 0. The molecule has 0 N–H and O–H groups in total. The normalized spacial score (nSPS) is 15.3. The van der Waals surface area contributed by atoms with Crippen LogP contribution in [0.3, 0.4) is 0 Å². The Hall–Kier alpha value is -1.16. The average molecular weight is 292 g/mol. The van der Waals surface area contributed by atoms with Crippen molar-refractivity contribution in [1.29, 1.82) is 0 Å². The number of ether oxygens (including phenoxy) is 1. The number of benzene rings is 1. The van der Waals surface area contributed by atoms with E-state index < -0.39 is 0 Å². The van der Waals surface area contributed by atoms with Crippen molar-refractivity contribution in [2.45, 2.75) is 12.8 Å². The van der Waals surface area contributed by atoms with Gasteiger partial charge in [-0.05, 0) is 29.7 Å². The van der Waals surface area contributed by atoms with E-state index in [1.807, 2.05) is 12.1 Å². The predicted molar refractivity (Wildman–Crippen MR) is 79.8 cm³/mol. The lowest BCUT2D eigenvalue weighted by molar-refractivity contribution is 0.161. The standard InChI is InChI=1S/C15H14ClNOS/c16-13-3-1-11(2-4-13)9-14-10-19-15(17-14)12-5-7-18-8-6-12/h1-5,10H,6-9H2. The lowest BCUT2D eigenvalue weighted by atomic mass is 10.1. The number of thiazole rings is 1. The van der Waals surface area contributed by atoms with E-state index in [9.17, 15) is 0 Å². The van der Waals surface area contributed by atoms with Crippen LogP contribution in [0.2, 0.25) is 5.02 Å². The van der Waals surface area contributed by atoms with Crippen LogP contribution < -0.4 is 0 Å². The van der Waals surface area contributed by atoms with Crippen molar-refractivity contribution in [3.05, 3.63) is 57.0 Å². The third-order valence-corrected chi connectivity index (χ3v) is 4.31. The summed E-state index contributed by atoms with van der Waals surface area (Å²) in [5.74, 6) is 0. The molecular formula is C15H14ClNOS. The van der Waals surface area contributed by atoms with Gasteiger partial charge in [-0.25, -0.2) is 4.98 Å². The Balaban J connectivity index is 1.74. The van der Waals surface area contributed by atoms with E-state index in [4.69, 9.17) is 21.3 Å². The summed E-state index contributed by atoms with van der Waals surface area (Å²) in [6.45, 7) is 1.51. The summed E-state index contributed by atoms with van der Waals surface area (Å²) in [5.41, 5.74) is 3.68. The van der Waals surface area contributed by atoms with Crippen LogP contribution in [0.5, 0.6) is 0 Å². The zero-order valence-corrected chi connectivity index (χ0v) is 12.0. The van der Waals surface area contributed by atoms with Crippen molar-refractivity contribution in [1.82, 2.24) is 4.98 Å². The second-order valence-corrected chi connectivity index (χ2v) is 5.80. The third kappa shape index (κ3) is 3.24. The van der Waals surface area contributed by atoms with Crippen molar-refractivity contribution in [2.75, 3.05) is 13.2 Å². The quantitative estimate of drug-likeness (QED) is 0.846. The van der Waals surface area contributed by atoms with Gasteiger partial charge in [-0.1, -0.05) is 29.8 Å². The van der Waals surface area contributed by atoms with Gasteiger partial charge < -0.3 is 4.74 Å². The largest absolute Gasteiger partial charge is 0.377 e. The first-order valence-corrected chi connectivity index (χ1v) is 7.53. The number of halogens is 1. The van der Waals surface area contributed by atoms with Crippen LogP contribution in [0, 0.1) is 0 Å². The Labute approximate surface area is 121 Å². The first-order valence-electron chi connectivity index (χ1n) is 6.27. The Morgan fingerprint density at radius 1 is 1.26 bits per heavy atom. The highest BCUT2D eigenvalue weighted by Crippen LogP contribution is 2.25. The Kier molecular flexibility index (Phi) is 3.97. The molecule has 2 aromatic rings. The predicted octanol–water partition coefficient (Wildman–Crippen LogP) is 4.19. The van der Waals surface area contributed by atoms with Crippen LogP contribution in [0.4, 0.5) is 0 Å². The molecule has 0 radical (unpaired) electrons. The minimum Gasteiger partial charge on any atom is -0.377 e. The molecule has 0 atom stereocenters. The monoisotopic (exact) mass is 291 g/mol. The molecule has 1 aromatic heterocycles. The molecule has 4 heteroatoms. The van der Waals surface area contributed by atoms with Gasteiger partial charge in [0.25, 0.3) is 0 Å². The maximum absolute atomic E-state index is 5.89. The van der Waals surface area contributed by atoms with Gasteiger partial charge in [0, 0.05) is 16.8 Å². The molecule has 0 unspecified atom stereocenters. The fourth-order valence-corrected chi connectivity index (χ4v) is 3.08. The number of rotatable bonds is 3. The van der Waals surface area contributed by atoms with E-state index in [2.05, 4.69) is 23.6 Å². The minimum absolute atomic E-state index is 0.710. The van der Waals surface area contributed by atoms with Crippen molar-refractivity contribution >= 4 is 28.5 Å². The van der Waals surface area contributed by atoms with Gasteiger partial charge in [0.05, 0.1) is 18.9 Å². The number of hydrogen-bond acceptors (Lipinski definition) is 3. The number of nitrogens with zero attached hydrogens (tertiary/aromatic N) is 1. The SMILES string of the molecule is Clc1ccc(Cc2csc(C3=CCOCC3)n2)cc1. The van der Waals surface area contributed by atoms with Gasteiger partial charge in [-0.2, -0.15) is 0 Å². The van der Waals surface area contributed by atoms with E-state index in [0.717, 1.165) is 35.2 Å². The molecule has 0 spiro atoms. The second kappa shape index (κ2) is 5.87. The summed E-state index contributed by atoms with van der Waals surface area (Å²) in [6, 6.07) is 7.94. The van der Waals surface area contributed by atoms with Gasteiger partial charge in [-0.3, -0.25) is 0 Å². The van der Waals surface area contributed by atoms with Gasteiger partial charge >= 0.3 is 0 Å². The molecule has 0 amide bonds. The molecule has 98 valence electrons. The molecule has 1 aromatic carbocycles. The Morgan fingerprint density at radius 3 is 2.84 bits per heavy atom. The highest BCUT2D eigenvalue weighted by molar-refractivity contribution is 7.10. The smallest absolute Gasteiger partial charge is 0.119 e. The van der Waals surface area contributed by atoms with E-state index in [1.165, 1.54) is 11.1 Å². The third-order valence-electron chi connectivity index (χ3n) is 3.09. The van der Waals surface area contributed by atoms with Crippen LogP contribution >= 0.6 is 22.9 Å². The molecule has 2 heterocycles. The Morgan fingerprint density at radius 2 is 2.11 bits per heavy atom. The number of hydrogen-bond donors (Lipinski definition) is 0. The molecule has 1 aliphatic heterocycles. The lowest BCUT2D eigenvalue weighted by Gasteiger charge is -2.10. The first-order chi connectivity index (χ1) is 9.31. The fourth-order valence-electron chi connectivity index (χ4n) is 2.07. The van der Waals surface area contributed by atoms with Crippen molar-refractivity contribution in [3.8, 4) is 0 Å². The van der Waals surface area contributed by atoms with Crippen molar-refractivity contribution < 1.29 is 4.74 Å². The van der Waals surface area contributed by atoms with E-state index >= 15 is 0 Å².